The second kappa shape index (κ2) is 9.44. The third kappa shape index (κ3) is 6.01. The van der Waals surface area contributed by atoms with Gasteiger partial charge in [0.1, 0.15) is 0 Å². The summed E-state index contributed by atoms with van der Waals surface area (Å²) in [4.78, 5) is 0. The van der Waals surface area contributed by atoms with Gasteiger partial charge in [0, 0.05) is 11.8 Å². The summed E-state index contributed by atoms with van der Waals surface area (Å²) in [6.07, 6.45) is 2.45. The Hall–Kier alpha value is -0.470. The lowest BCUT2D eigenvalue weighted by Gasteiger charge is -2.19. The van der Waals surface area contributed by atoms with Crippen molar-refractivity contribution in [3.05, 3.63) is 35.4 Å². The van der Waals surface area contributed by atoms with Crippen molar-refractivity contribution in [2.24, 2.45) is 0 Å². The van der Waals surface area contributed by atoms with Gasteiger partial charge in [-0.1, -0.05) is 52.0 Å². The Kier molecular flexibility index (Phi) is 8.24. The minimum atomic E-state index is 0.498. The van der Waals surface area contributed by atoms with E-state index < -0.39 is 0 Å². The number of benzene rings is 1. The highest BCUT2D eigenvalue weighted by Gasteiger charge is 2.10. The van der Waals surface area contributed by atoms with Gasteiger partial charge in [0.25, 0.3) is 0 Å². The van der Waals surface area contributed by atoms with Crippen LogP contribution in [0.5, 0.6) is 0 Å². The third-order valence-electron chi connectivity index (χ3n) is 3.28. The predicted molar refractivity (Wildman–Crippen MR) is 89.2 cm³/mol. The van der Waals surface area contributed by atoms with Gasteiger partial charge >= 0.3 is 0 Å². The number of hydrogen-bond acceptors (Lipinski definition) is 2. The van der Waals surface area contributed by atoms with Crippen molar-refractivity contribution < 1.29 is 0 Å². The van der Waals surface area contributed by atoms with E-state index in [0.717, 1.165) is 6.54 Å². The summed E-state index contributed by atoms with van der Waals surface area (Å²) < 4.78 is 0. The van der Waals surface area contributed by atoms with E-state index in [0.29, 0.717) is 12.0 Å². The number of thioether (sulfide) groups is 1. The largest absolute Gasteiger partial charge is 0.309 e. The molecule has 19 heavy (non-hydrogen) atoms. The van der Waals surface area contributed by atoms with E-state index in [1.807, 2.05) is 0 Å². The molecule has 108 valence electrons. The summed E-state index contributed by atoms with van der Waals surface area (Å²) in [5.41, 5.74) is 2.86. The quantitative estimate of drug-likeness (QED) is 0.639. The lowest BCUT2D eigenvalue weighted by molar-refractivity contribution is 0.577. The van der Waals surface area contributed by atoms with Crippen LogP contribution in [0.2, 0.25) is 0 Å². The van der Waals surface area contributed by atoms with Crippen LogP contribution >= 0.6 is 11.8 Å². The first-order valence-corrected chi connectivity index (χ1v) is 8.75. The molecule has 1 nitrogen and oxygen atoms in total. The minimum Gasteiger partial charge on any atom is -0.309 e. The molecule has 1 unspecified atom stereocenters. The van der Waals surface area contributed by atoms with Crippen LogP contribution < -0.4 is 5.32 Å². The van der Waals surface area contributed by atoms with Gasteiger partial charge in [0.2, 0.25) is 0 Å². The van der Waals surface area contributed by atoms with Crippen LogP contribution in [-0.2, 0) is 0 Å². The van der Waals surface area contributed by atoms with Crippen molar-refractivity contribution in [2.75, 3.05) is 18.1 Å². The SMILES string of the molecule is CCCNC(CSCCC)c1ccc(C(C)C)cc1. The van der Waals surface area contributed by atoms with E-state index in [1.165, 1.54) is 35.5 Å². The summed E-state index contributed by atoms with van der Waals surface area (Å²) in [6, 6.07) is 9.67. The van der Waals surface area contributed by atoms with E-state index in [1.54, 1.807) is 0 Å². The van der Waals surface area contributed by atoms with Crippen LogP contribution in [0.4, 0.5) is 0 Å². The van der Waals surface area contributed by atoms with Crippen molar-refractivity contribution in [1.29, 1.82) is 0 Å². The fraction of sp³-hybridized carbons (Fsp3) is 0.647. The highest BCUT2D eigenvalue weighted by molar-refractivity contribution is 7.99. The van der Waals surface area contributed by atoms with Gasteiger partial charge in [0.05, 0.1) is 0 Å². The molecule has 0 aliphatic rings. The van der Waals surface area contributed by atoms with Crippen LogP contribution in [0, 0.1) is 0 Å². The Morgan fingerprint density at radius 3 is 2.16 bits per heavy atom. The molecule has 1 atom stereocenters. The standard InChI is InChI=1S/C17H29NS/c1-5-11-18-17(13-19-12-6-2)16-9-7-15(8-10-16)14(3)4/h7-10,14,17-18H,5-6,11-13H2,1-4H3. The van der Waals surface area contributed by atoms with Crippen molar-refractivity contribution >= 4 is 11.8 Å². The zero-order valence-corrected chi connectivity index (χ0v) is 13.7. The smallest absolute Gasteiger partial charge is 0.0411 e. The van der Waals surface area contributed by atoms with E-state index in [-0.39, 0.29) is 0 Å². The molecule has 0 fully saturated rings. The van der Waals surface area contributed by atoms with Crippen molar-refractivity contribution in [3.63, 3.8) is 0 Å². The fourth-order valence-corrected chi connectivity index (χ4v) is 3.05. The topological polar surface area (TPSA) is 12.0 Å². The van der Waals surface area contributed by atoms with Crippen molar-refractivity contribution in [2.45, 2.75) is 52.5 Å². The maximum atomic E-state index is 3.67. The monoisotopic (exact) mass is 279 g/mol. The molecular formula is C17H29NS. The molecule has 1 N–H and O–H groups in total. The molecule has 1 aromatic carbocycles. The van der Waals surface area contributed by atoms with Crippen molar-refractivity contribution in [3.8, 4) is 0 Å². The minimum absolute atomic E-state index is 0.498. The molecule has 0 aliphatic heterocycles. The molecule has 0 radical (unpaired) electrons. The van der Waals surface area contributed by atoms with Gasteiger partial charge in [-0.15, -0.1) is 0 Å². The highest BCUT2D eigenvalue weighted by Crippen LogP contribution is 2.22. The third-order valence-corrected chi connectivity index (χ3v) is 4.55. The molecule has 0 saturated carbocycles. The highest BCUT2D eigenvalue weighted by atomic mass is 32.2. The number of nitrogens with one attached hydrogen (secondary N) is 1. The first-order valence-electron chi connectivity index (χ1n) is 7.60. The van der Waals surface area contributed by atoms with Gasteiger partial charge in [-0.3, -0.25) is 0 Å². The summed E-state index contributed by atoms with van der Waals surface area (Å²) in [7, 11) is 0. The number of hydrogen-bond donors (Lipinski definition) is 1. The Morgan fingerprint density at radius 2 is 1.63 bits per heavy atom. The molecule has 0 amide bonds. The van der Waals surface area contributed by atoms with Gasteiger partial charge in [-0.2, -0.15) is 11.8 Å². The van der Waals surface area contributed by atoms with E-state index >= 15 is 0 Å². The average Bonchev–Trinajstić information content (AvgIpc) is 2.43. The fourth-order valence-electron chi connectivity index (χ4n) is 2.05. The van der Waals surface area contributed by atoms with Gasteiger partial charge in [0.15, 0.2) is 0 Å². The summed E-state index contributed by atoms with van der Waals surface area (Å²) in [5.74, 6) is 3.05. The summed E-state index contributed by atoms with van der Waals surface area (Å²) >= 11 is 2.05. The Bertz CT molecular complexity index is 332. The van der Waals surface area contributed by atoms with Crippen LogP contribution in [0.1, 0.15) is 63.6 Å². The van der Waals surface area contributed by atoms with Crippen LogP contribution in [-0.4, -0.2) is 18.1 Å². The van der Waals surface area contributed by atoms with Gasteiger partial charge in [-0.25, -0.2) is 0 Å². The van der Waals surface area contributed by atoms with Crippen LogP contribution in [0.25, 0.3) is 0 Å². The van der Waals surface area contributed by atoms with E-state index in [2.05, 4.69) is 69.0 Å². The molecule has 2 heteroatoms. The number of rotatable bonds is 9. The molecule has 0 saturated heterocycles. The van der Waals surface area contributed by atoms with E-state index in [9.17, 15) is 0 Å². The zero-order chi connectivity index (χ0) is 14.1. The van der Waals surface area contributed by atoms with Crippen LogP contribution in [0.3, 0.4) is 0 Å². The summed E-state index contributed by atoms with van der Waals surface area (Å²) in [5, 5.41) is 3.67. The normalized spacial score (nSPS) is 12.9. The average molecular weight is 279 g/mol. The van der Waals surface area contributed by atoms with Crippen LogP contribution in [0.15, 0.2) is 24.3 Å². The molecule has 1 rings (SSSR count). The zero-order valence-electron chi connectivity index (χ0n) is 12.9. The van der Waals surface area contributed by atoms with Gasteiger partial charge in [-0.05, 0) is 42.2 Å². The first kappa shape index (κ1) is 16.6. The second-order valence-corrected chi connectivity index (χ2v) is 6.55. The Morgan fingerprint density at radius 1 is 1.00 bits per heavy atom. The maximum absolute atomic E-state index is 3.67. The first-order chi connectivity index (χ1) is 9.19. The molecule has 0 bridgehead atoms. The predicted octanol–water partition coefficient (Wildman–Crippen LogP) is 4.99. The Balaban J connectivity index is 2.66. The second-order valence-electron chi connectivity index (χ2n) is 5.40. The lowest BCUT2D eigenvalue weighted by Crippen LogP contribution is -2.24. The molecular weight excluding hydrogens is 250 g/mol. The molecule has 1 aromatic rings. The summed E-state index contributed by atoms with van der Waals surface area (Å²) in [6.45, 7) is 10.1. The lowest BCUT2D eigenvalue weighted by atomic mass is 9.99. The molecule has 0 spiro atoms. The van der Waals surface area contributed by atoms with Crippen molar-refractivity contribution in [1.82, 2.24) is 5.32 Å². The molecule has 0 aromatic heterocycles. The molecule has 0 heterocycles. The Labute approximate surface area is 123 Å². The molecule has 0 aliphatic carbocycles. The van der Waals surface area contributed by atoms with E-state index in [4.69, 9.17) is 0 Å². The van der Waals surface area contributed by atoms with Gasteiger partial charge < -0.3 is 5.32 Å². The maximum Gasteiger partial charge on any atom is 0.0411 e.